The van der Waals surface area contributed by atoms with Gasteiger partial charge in [-0.05, 0) is 44.2 Å². The number of hydrogen-bond acceptors (Lipinski definition) is 6. The Bertz CT molecular complexity index is 978. The SMILES string of the molecule is Cc1nc(COC(=O)[C@H](C)Oc2ccc(C#N)cc2)nc2ccccc12. The van der Waals surface area contributed by atoms with E-state index in [9.17, 15) is 4.79 Å². The molecule has 0 aliphatic rings. The van der Waals surface area contributed by atoms with E-state index in [1.165, 1.54) is 0 Å². The fourth-order valence-electron chi connectivity index (χ4n) is 2.47. The standard InChI is InChI=1S/C20H17N3O3/c1-13-17-5-3-4-6-18(17)23-19(22-13)12-25-20(24)14(2)26-16-9-7-15(11-21)8-10-16/h3-10,14H,12H2,1-2H3/t14-/m0/s1. The smallest absolute Gasteiger partial charge is 0.347 e. The van der Waals surface area contributed by atoms with Crippen molar-refractivity contribution in [2.75, 3.05) is 0 Å². The molecule has 0 aliphatic carbocycles. The van der Waals surface area contributed by atoms with Crippen molar-refractivity contribution >= 4 is 16.9 Å². The molecule has 0 amide bonds. The van der Waals surface area contributed by atoms with E-state index in [4.69, 9.17) is 14.7 Å². The maximum absolute atomic E-state index is 12.1. The Morgan fingerprint density at radius 2 is 1.88 bits per heavy atom. The van der Waals surface area contributed by atoms with Gasteiger partial charge in [-0.15, -0.1) is 0 Å². The fraction of sp³-hybridized carbons (Fsp3) is 0.200. The van der Waals surface area contributed by atoms with Crippen LogP contribution in [0.2, 0.25) is 0 Å². The lowest BCUT2D eigenvalue weighted by Crippen LogP contribution is -2.26. The van der Waals surface area contributed by atoms with Gasteiger partial charge >= 0.3 is 5.97 Å². The lowest BCUT2D eigenvalue weighted by molar-refractivity contribution is -0.152. The van der Waals surface area contributed by atoms with E-state index in [0.29, 0.717) is 17.1 Å². The third kappa shape index (κ3) is 3.95. The highest BCUT2D eigenvalue weighted by Crippen LogP contribution is 2.16. The first-order valence-electron chi connectivity index (χ1n) is 8.12. The summed E-state index contributed by atoms with van der Waals surface area (Å²) in [5.41, 5.74) is 2.17. The van der Waals surface area contributed by atoms with Crippen molar-refractivity contribution in [3.8, 4) is 11.8 Å². The van der Waals surface area contributed by atoms with Crippen LogP contribution in [-0.4, -0.2) is 22.0 Å². The number of rotatable bonds is 5. The van der Waals surface area contributed by atoms with Crippen LogP contribution in [-0.2, 0) is 16.1 Å². The number of fused-ring (bicyclic) bond motifs is 1. The molecule has 1 heterocycles. The molecule has 2 aromatic carbocycles. The van der Waals surface area contributed by atoms with Crippen molar-refractivity contribution in [1.82, 2.24) is 9.97 Å². The first-order valence-corrected chi connectivity index (χ1v) is 8.12. The molecule has 1 aromatic heterocycles. The van der Waals surface area contributed by atoms with Crippen LogP contribution in [0, 0.1) is 18.3 Å². The van der Waals surface area contributed by atoms with Gasteiger partial charge in [0.25, 0.3) is 0 Å². The quantitative estimate of drug-likeness (QED) is 0.658. The summed E-state index contributed by atoms with van der Waals surface area (Å²) in [4.78, 5) is 20.9. The first-order chi connectivity index (χ1) is 12.6. The third-order valence-electron chi connectivity index (χ3n) is 3.81. The van der Waals surface area contributed by atoms with Gasteiger partial charge in [0.1, 0.15) is 5.75 Å². The molecule has 0 spiro atoms. The number of carbonyl (C=O) groups is 1. The van der Waals surface area contributed by atoms with Crippen LogP contribution in [0.3, 0.4) is 0 Å². The monoisotopic (exact) mass is 347 g/mol. The summed E-state index contributed by atoms with van der Waals surface area (Å²) in [5.74, 6) is 0.426. The maximum Gasteiger partial charge on any atom is 0.347 e. The Hall–Kier alpha value is -3.46. The Morgan fingerprint density at radius 1 is 1.15 bits per heavy atom. The Balaban J connectivity index is 1.61. The molecule has 3 aromatic rings. The average Bonchev–Trinajstić information content (AvgIpc) is 2.66. The number of carbonyl (C=O) groups excluding carboxylic acids is 1. The molecular formula is C20H17N3O3. The number of benzene rings is 2. The average molecular weight is 347 g/mol. The lowest BCUT2D eigenvalue weighted by Gasteiger charge is -2.14. The van der Waals surface area contributed by atoms with Gasteiger partial charge in [-0.1, -0.05) is 18.2 Å². The number of nitriles is 1. The largest absolute Gasteiger partial charge is 0.479 e. The number of nitrogens with zero attached hydrogens (tertiary/aromatic N) is 3. The Labute approximate surface area is 151 Å². The fourth-order valence-corrected chi connectivity index (χ4v) is 2.47. The Kier molecular flexibility index (Phi) is 5.09. The van der Waals surface area contributed by atoms with Crippen molar-refractivity contribution in [1.29, 1.82) is 5.26 Å². The zero-order valence-corrected chi connectivity index (χ0v) is 14.5. The molecule has 0 fully saturated rings. The molecule has 130 valence electrons. The molecule has 0 radical (unpaired) electrons. The number of para-hydroxylation sites is 1. The van der Waals surface area contributed by atoms with Gasteiger partial charge in [0, 0.05) is 11.1 Å². The topological polar surface area (TPSA) is 85.1 Å². The molecule has 0 saturated heterocycles. The molecule has 6 heteroatoms. The van der Waals surface area contributed by atoms with Crippen LogP contribution in [0.1, 0.15) is 24.0 Å². The van der Waals surface area contributed by atoms with Gasteiger partial charge < -0.3 is 9.47 Å². The minimum atomic E-state index is -0.788. The summed E-state index contributed by atoms with van der Waals surface area (Å²) in [7, 11) is 0. The van der Waals surface area contributed by atoms with Crippen molar-refractivity contribution < 1.29 is 14.3 Å². The maximum atomic E-state index is 12.1. The molecule has 6 nitrogen and oxygen atoms in total. The predicted molar refractivity (Wildman–Crippen MR) is 95.3 cm³/mol. The molecule has 0 N–H and O–H groups in total. The van der Waals surface area contributed by atoms with E-state index in [1.807, 2.05) is 37.3 Å². The van der Waals surface area contributed by atoms with Gasteiger partial charge in [-0.3, -0.25) is 0 Å². The van der Waals surface area contributed by atoms with Crippen LogP contribution in [0.4, 0.5) is 0 Å². The molecular weight excluding hydrogens is 330 g/mol. The van der Waals surface area contributed by atoms with E-state index >= 15 is 0 Å². The molecule has 0 saturated carbocycles. The van der Waals surface area contributed by atoms with Crippen molar-refractivity contribution in [3.05, 3.63) is 65.6 Å². The highest BCUT2D eigenvalue weighted by Gasteiger charge is 2.17. The van der Waals surface area contributed by atoms with Crippen molar-refractivity contribution in [3.63, 3.8) is 0 Å². The second-order valence-electron chi connectivity index (χ2n) is 5.75. The minimum absolute atomic E-state index is 0.0222. The summed E-state index contributed by atoms with van der Waals surface area (Å²) < 4.78 is 10.8. The number of ether oxygens (including phenoxy) is 2. The van der Waals surface area contributed by atoms with Crippen LogP contribution >= 0.6 is 0 Å². The summed E-state index contributed by atoms with van der Waals surface area (Å²) in [5, 5.41) is 9.76. The van der Waals surface area contributed by atoms with Crippen LogP contribution in [0.5, 0.6) is 5.75 Å². The predicted octanol–water partition coefficient (Wildman–Crippen LogP) is 3.32. The van der Waals surface area contributed by atoms with Gasteiger partial charge in [0.05, 0.1) is 17.1 Å². The lowest BCUT2D eigenvalue weighted by atomic mass is 10.2. The summed E-state index contributed by atoms with van der Waals surface area (Å²) in [6, 6.07) is 16.2. The first kappa shape index (κ1) is 17.4. The molecule has 0 unspecified atom stereocenters. The molecule has 26 heavy (non-hydrogen) atoms. The summed E-state index contributed by atoms with van der Waals surface area (Å²) in [6.45, 7) is 3.48. The molecule has 0 aliphatic heterocycles. The third-order valence-corrected chi connectivity index (χ3v) is 3.81. The van der Waals surface area contributed by atoms with Crippen molar-refractivity contribution in [2.45, 2.75) is 26.6 Å². The zero-order valence-electron chi connectivity index (χ0n) is 14.5. The molecule has 1 atom stereocenters. The van der Waals surface area contributed by atoms with E-state index in [-0.39, 0.29) is 6.61 Å². The Morgan fingerprint density at radius 3 is 2.62 bits per heavy atom. The number of esters is 1. The number of hydrogen-bond donors (Lipinski definition) is 0. The zero-order chi connectivity index (χ0) is 18.5. The van der Waals surface area contributed by atoms with Crippen LogP contribution < -0.4 is 4.74 Å². The second-order valence-corrected chi connectivity index (χ2v) is 5.75. The van der Waals surface area contributed by atoms with Gasteiger partial charge in [-0.25, -0.2) is 14.8 Å². The van der Waals surface area contributed by atoms with E-state index < -0.39 is 12.1 Å². The van der Waals surface area contributed by atoms with Crippen LogP contribution in [0.25, 0.3) is 10.9 Å². The van der Waals surface area contributed by atoms with Gasteiger partial charge in [0.2, 0.25) is 0 Å². The number of aryl methyl sites for hydroxylation is 1. The highest BCUT2D eigenvalue weighted by atomic mass is 16.6. The summed E-state index contributed by atoms with van der Waals surface area (Å²) >= 11 is 0. The van der Waals surface area contributed by atoms with Gasteiger partial charge in [-0.2, -0.15) is 5.26 Å². The van der Waals surface area contributed by atoms with Gasteiger partial charge in [0.15, 0.2) is 18.5 Å². The second kappa shape index (κ2) is 7.62. The molecule has 3 rings (SSSR count). The van der Waals surface area contributed by atoms with E-state index in [1.54, 1.807) is 31.2 Å². The summed E-state index contributed by atoms with van der Waals surface area (Å²) in [6.07, 6.45) is -0.788. The normalized spacial score (nSPS) is 11.6. The van der Waals surface area contributed by atoms with E-state index in [0.717, 1.165) is 16.6 Å². The van der Waals surface area contributed by atoms with Crippen LogP contribution in [0.15, 0.2) is 48.5 Å². The van der Waals surface area contributed by atoms with E-state index in [2.05, 4.69) is 9.97 Å². The van der Waals surface area contributed by atoms with Crippen molar-refractivity contribution in [2.24, 2.45) is 0 Å². The minimum Gasteiger partial charge on any atom is -0.479 e. The number of aromatic nitrogens is 2. The highest BCUT2D eigenvalue weighted by molar-refractivity contribution is 5.80. The molecule has 0 bridgehead atoms.